The molecule has 2 atom stereocenters. The fourth-order valence-electron chi connectivity index (χ4n) is 4.95. The average Bonchev–Trinajstić information content (AvgIpc) is 3.36. The molecule has 0 bridgehead atoms. The van der Waals surface area contributed by atoms with Gasteiger partial charge in [-0.05, 0) is 58.4 Å². The molecule has 222 valence electrons. The minimum atomic E-state index is -3.97. The largest absolute Gasteiger partial charge is 0.480 e. The third-order valence-electron chi connectivity index (χ3n) is 6.86. The Morgan fingerprint density at radius 1 is 1.05 bits per heavy atom. The van der Waals surface area contributed by atoms with Gasteiger partial charge in [-0.15, -0.1) is 0 Å². The van der Waals surface area contributed by atoms with Crippen LogP contribution in [-0.2, 0) is 34.9 Å². The number of hydrogen-bond donors (Lipinski definition) is 3. The van der Waals surface area contributed by atoms with Crippen LogP contribution in [-0.4, -0.2) is 90.6 Å². The summed E-state index contributed by atoms with van der Waals surface area (Å²) in [6, 6.07) is 6.05. The van der Waals surface area contributed by atoms with Crippen LogP contribution in [0, 0.1) is 0 Å². The molecule has 0 saturated carbocycles. The molecule has 3 rings (SSSR count). The number of rotatable bonds is 10. The zero-order valence-corrected chi connectivity index (χ0v) is 24.1. The van der Waals surface area contributed by atoms with Crippen LogP contribution in [0.4, 0.5) is 4.79 Å². The number of nitrogens with one attached hydrogen (secondary N) is 2. The Balaban J connectivity index is 1.61. The predicted molar refractivity (Wildman–Crippen MR) is 147 cm³/mol. The first-order chi connectivity index (χ1) is 18.7. The van der Waals surface area contributed by atoms with Crippen molar-refractivity contribution in [2.45, 2.75) is 88.8 Å². The molecule has 40 heavy (non-hydrogen) atoms. The van der Waals surface area contributed by atoms with Crippen molar-refractivity contribution in [1.29, 1.82) is 0 Å². The number of alkyl carbamates (subject to hydrolysis) is 1. The summed E-state index contributed by atoms with van der Waals surface area (Å²) in [5, 5.41) is 12.4. The van der Waals surface area contributed by atoms with E-state index < -0.39 is 45.7 Å². The molecule has 2 aliphatic heterocycles. The summed E-state index contributed by atoms with van der Waals surface area (Å²) in [7, 11) is -3.97. The van der Waals surface area contributed by atoms with Gasteiger partial charge in [0.25, 0.3) is 0 Å². The molecule has 2 unspecified atom stereocenters. The number of carbonyl (C=O) groups is 4. The lowest BCUT2D eigenvalue weighted by atomic mass is 10.0. The van der Waals surface area contributed by atoms with E-state index in [0.29, 0.717) is 37.9 Å². The maximum atomic E-state index is 13.4. The fourth-order valence-corrected chi connectivity index (χ4v) is 6.31. The molecular weight excluding hydrogens is 540 g/mol. The number of benzene rings is 1. The van der Waals surface area contributed by atoms with Crippen molar-refractivity contribution < 1.29 is 37.4 Å². The molecule has 0 aliphatic carbocycles. The van der Waals surface area contributed by atoms with E-state index in [1.807, 2.05) is 0 Å². The minimum Gasteiger partial charge on any atom is -0.480 e. The quantitative estimate of drug-likeness (QED) is 0.378. The summed E-state index contributed by atoms with van der Waals surface area (Å²) < 4.78 is 33.7. The number of aliphatic carboxylic acids is 1. The number of ether oxygens (including phenoxy) is 1. The maximum Gasteiger partial charge on any atom is 0.407 e. The zero-order valence-electron chi connectivity index (χ0n) is 23.3. The van der Waals surface area contributed by atoms with Crippen LogP contribution >= 0.6 is 0 Å². The zero-order chi connectivity index (χ0) is 29.5. The number of carboxylic acids is 1. The van der Waals surface area contributed by atoms with Crippen molar-refractivity contribution in [2.75, 3.05) is 19.6 Å². The maximum absolute atomic E-state index is 13.4. The van der Waals surface area contributed by atoms with Crippen LogP contribution in [0.5, 0.6) is 0 Å². The smallest absolute Gasteiger partial charge is 0.407 e. The number of carbonyl (C=O) groups excluding carboxylic acids is 3. The van der Waals surface area contributed by atoms with Gasteiger partial charge in [-0.2, -0.15) is 0 Å². The van der Waals surface area contributed by atoms with Gasteiger partial charge < -0.3 is 25.0 Å². The van der Waals surface area contributed by atoms with Crippen LogP contribution in [0.1, 0.15) is 64.9 Å². The van der Waals surface area contributed by atoms with Crippen LogP contribution in [0.25, 0.3) is 0 Å². The normalized spacial score (nSPS) is 19.2. The van der Waals surface area contributed by atoms with Gasteiger partial charge in [0.05, 0.1) is 5.75 Å². The monoisotopic (exact) mass is 580 g/mol. The summed E-state index contributed by atoms with van der Waals surface area (Å²) in [6.07, 6.45) is 1.14. The van der Waals surface area contributed by atoms with Crippen molar-refractivity contribution in [1.82, 2.24) is 19.8 Å². The molecule has 0 radical (unpaired) electrons. The fraction of sp³-hybridized carbons (Fsp3) is 0.630. The molecule has 0 spiro atoms. The second-order valence-corrected chi connectivity index (χ2v) is 13.0. The highest BCUT2D eigenvalue weighted by molar-refractivity contribution is 7.88. The molecule has 3 N–H and O–H groups in total. The van der Waals surface area contributed by atoms with Gasteiger partial charge in [0, 0.05) is 32.1 Å². The highest BCUT2D eigenvalue weighted by Gasteiger charge is 2.38. The molecule has 2 heterocycles. The molecule has 2 saturated heterocycles. The van der Waals surface area contributed by atoms with Gasteiger partial charge in [0.2, 0.25) is 21.8 Å². The molecule has 2 aliphatic rings. The van der Waals surface area contributed by atoms with E-state index in [1.165, 1.54) is 4.90 Å². The van der Waals surface area contributed by atoms with Crippen molar-refractivity contribution in [2.24, 2.45) is 0 Å². The molecule has 12 nitrogen and oxygen atoms in total. The predicted octanol–water partition coefficient (Wildman–Crippen LogP) is 1.85. The van der Waals surface area contributed by atoms with E-state index in [1.54, 1.807) is 56.0 Å². The first-order valence-electron chi connectivity index (χ1n) is 13.6. The lowest BCUT2D eigenvalue weighted by Gasteiger charge is -2.33. The number of carboxylic acid groups (broad SMARTS) is 1. The van der Waals surface area contributed by atoms with Crippen LogP contribution in [0.3, 0.4) is 0 Å². The minimum absolute atomic E-state index is 0.0972. The highest BCUT2D eigenvalue weighted by atomic mass is 32.2. The summed E-state index contributed by atoms with van der Waals surface area (Å²) in [4.78, 5) is 52.9. The van der Waals surface area contributed by atoms with E-state index in [0.717, 1.165) is 0 Å². The van der Waals surface area contributed by atoms with Gasteiger partial charge in [-0.3, -0.25) is 9.59 Å². The summed E-state index contributed by atoms with van der Waals surface area (Å²) in [5.74, 6) is -2.39. The van der Waals surface area contributed by atoms with Gasteiger partial charge in [-0.1, -0.05) is 30.3 Å². The first-order valence-corrected chi connectivity index (χ1v) is 15.2. The van der Waals surface area contributed by atoms with Crippen molar-refractivity contribution in [3.8, 4) is 0 Å². The Hall–Kier alpha value is -3.19. The van der Waals surface area contributed by atoms with Crippen LogP contribution < -0.4 is 10.0 Å². The Morgan fingerprint density at radius 2 is 1.70 bits per heavy atom. The topological polar surface area (TPSA) is 162 Å². The Kier molecular flexibility index (Phi) is 10.5. The number of nitrogens with zero attached hydrogens (tertiary/aromatic N) is 2. The van der Waals surface area contributed by atoms with E-state index in [-0.39, 0.29) is 43.5 Å². The van der Waals surface area contributed by atoms with Crippen LogP contribution in [0.2, 0.25) is 0 Å². The molecule has 1 aromatic carbocycles. The van der Waals surface area contributed by atoms with Crippen molar-refractivity contribution in [3.05, 3.63) is 35.9 Å². The molecule has 2 fully saturated rings. The van der Waals surface area contributed by atoms with Gasteiger partial charge in [-0.25, -0.2) is 22.7 Å². The lowest BCUT2D eigenvalue weighted by molar-refractivity contribution is -0.149. The van der Waals surface area contributed by atoms with Gasteiger partial charge >= 0.3 is 12.1 Å². The number of amides is 3. The van der Waals surface area contributed by atoms with E-state index in [2.05, 4.69) is 10.0 Å². The first kappa shape index (κ1) is 31.3. The van der Waals surface area contributed by atoms with Gasteiger partial charge in [0.15, 0.2) is 0 Å². The summed E-state index contributed by atoms with van der Waals surface area (Å²) in [5.41, 5.74) is -0.0820. The second-order valence-electron chi connectivity index (χ2n) is 11.3. The van der Waals surface area contributed by atoms with Crippen molar-refractivity contribution in [3.63, 3.8) is 0 Å². The molecular formula is C27H40N4O8S. The average molecular weight is 581 g/mol. The third kappa shape index (κ3) is 9.47. The molecule has 1 aromatic rings. The Labute approximate surface area is 235 Å². The Morgan fingerprint density at radius 3 is 2.30 bits per heavy atom. The molecule has 13 heteroatoms. The number of hydrogen-bond acceptors (Lipinski definition) is 7. The third-order valence-corrected chi connectivity index (χ3v) is 8.21. The van der Waals surface area contributed by atoms with E-state index >= 15 is 0 Å². The second kappa shape index (κ2) is 13.4. The number of likely N-dealkylation sites (tertiary alicyclic amines) is 2. The van der Waals surface area contributed by atoms with E-state index in [9.17, 15) is 32.7 Å². The van der Waals surface area contributed by atoms with E-state index in [4.69, 9.17) is 4.74 Å². The SMILES string of the molecule is CC(C)(C)OC(=O)NC1CCN(C(=O)CCC(NS(=O)(=O)Cc2ccccc2)C(=O)N2CCCC2C(=O)O)CC1. The summed E-state index contributed by atoms with van der Waals surface area (Å²) in [6.45, 7) is 6.33. The van der Waals surface area contributed by atoms with Crippen LogP contribution in [0.15, 0.2) is 30.3 Å². The Bertz CT molecular complexity index is 1160. The number of piperidine rings is 1. The lowest BCUT2D eigenvalue weighted by Crippen LogP contribution is -2.52. The molecule has 0 aromatic heterocycles. The van der Waals surface area contributed by atoms with Crippen molar-refractivity contribution >= 4 is 33.9 Å². The summed E-state index contributed by atoms with van der Waals surface area (Å²) >= 11 is 0. The highest BCUT2D eigenvalue weighted by Crippen LogP contribution is 2.21. The number of sulfonamides is 1. The van der Waals surface area contributed by atoms with Gasteiger partial charge in [0.1, 0.15) is 17.7 Å². The standard InChI is InChI=1S/C27H40N4O8S/c1-27(2,3)39-26(36)28-20-13-16-30(17-14-20)23(32)12-11-21(24(33)31-15-7-10-22(31)25(34)35)29-40(37,38)18-19-8-5-4-6-9-19/h4-6,8-9,20-22,29H,7,10-18H2,1-3H3,(H,28,36)(H,34,35). The molecule has 3 amide bonds.